The topological polar surface area (TPSA) is 64.2 Å². The summed E-state index contributed by atoms with van der Waals surface area (Å²) in [4.78, 5) is 0. The molecular weight excluding hydrogens is 130 g/mol. The first-order valence-electron chi connectivity index (χ1n) is 2.88. The number of aliphatic hydroxyl groups excluding tert-OH is 1. The highest BCUT2D eigenvalue weighted by atomic mass is 16.3. The van der Waals surface area contributed by atoms with Gasteiger partial charge in [-0.3, -0.25) is 0 Å². The van der Waals surface area contributed by atoms with E-state index in [2.05, 4.69) is 0 Å². The van der Waals surface area contributed by atoms with Crippen LogP contribution in [0, 0.1) is 11.3 Å². The third kappa shape index (κ3) is 1.17. The van der Waals surface area contributed by atoms with Gasteiger partial charge in [-0.1, -0.05) is 0 Å². The average molecular weight is 137 g/mol. The maximum Gasteiger partial charge on any atom is 0.173 e. The van der Waals surface area contributed by atoms with E-state index < -0.39 is 5.60 Å². The molecular formula is C7H7NO2. The molecule has 1 atom stereocenters. The number of hydrogen-bond donors (Lipinski definition) is 2. The van der Waals surface area contributed by atoms with Crippen molar-refractivity contribution in [1.82, 2.24) is 0 Å². The van der Waals surface area contributed by atoms with Crippen LogP contribution in [0.1, 0.15) is 6.42 Å². The zero-order valence-corrected chi connectivity index (χ0v) is 5.28. The van der Waals surface area contributed by atoms with Gasteiger partial charge in [-0.25, -0.2) is 0 Å². The second-order valence-corrected chi connectivity index (χ2v) is 2.20. The van der Waals surface area contributed by atoms with E-state index in [1.54, 1.807) is 6.07 Å². The summed E-state index contributed by atoms with van der Waals surface area (Å²) in [7, 11) is 0. The van der Waals surface area contributed by atoms with Gasteiger partial charge >= 0.3 is 0 Å². The Hall–Kier alpha value is -1.27. The second-order valence-electron chi connectivity index (χ2n) is 2.20. The van der Waals surface area contributed by atoms with Crippen molar-refractivity contribution in [3.63, 3.8) is 0 Å². The Labute approximate surface area is 58.5 Å². The molecule has 0 radical (unpaired) electrons. The van der Waals surface area contributed by atoms with Gasteiger partial charge in [0.15, 0.2) is 5.60 Å². The molecule has 1 unspecified atom stereocenters. The zero-order valence-electron chi connectivity index (χ0n) is 5.28. The molecule has 0 bridgehead atoms. The summed E-state index contributed by atoms with van der Waals surface area (Å²) in [6.45, 7) is 0. The van der Waals surface area contributed by atoms with Crippen LogP contribution in [0.3, 0.4) is 0 Å². The highest BCUT2D eigenvalue weighted by Gasteiger charge is 2.23. The summed E-state index contributed by atoms with van der Waals surface area (Å²) in [5.41, 5.74) is -1.41. The predicted molar refractivity (Wildman–Crippen MR) is 35.0 cm³/mol. The molecule has 2 N–H and O–H groups in total. The Balaban J connectivity index is 2.80. The molecule has 1 rings (SSSR count). The SMILES string of the molecule is N#CC1(O)C=CC(O)=CC1. The van der Waals surface area contributed by atoms with Gasteiger partial charge < -0.3 is 10.2 Å². The first-order valence-corrected chi connectivity index (χ1v) is 2.88. The Kier molecular flexibility index (Phi) is 1.48. The molecule has 0 saturated carbocycles. The Bertz CT molecular complexity index is 236. The lowest BCUT2D eigenvalue weighted by molar-refractivity contribution is 0.150. The van der Waals surface area contributed by atoms with Gasteiger partial charge in [0.05, 0.1) is 0 Å². The van der Waals surface area contributed by atoms with Crippen molar-refractivity contribution >= 4 is 0 Å². The molecule has 3 heteroatoms. The monoisotopic (exact) mass is 137 g/mol. The Morgan fingerprint density at radius 3 is 2.80 bits per heavy atom. The standard InChI is InChI=1S/C7H7NO2/c8-5-7(10)3-1-6(9)2-4-7/h1-3,9-10H,4H2. The summed E-state index contributed by atoms with van der Waals surface area (Å²) in [5, 5.41) is 26.4. The van der Waals surface area contributed by atoms with Crippen molar-refractivity contribution in [2.75, 3.05) is 0 Å². The van der Waals surface area contributed by atoms with Crippen molar-refractivity contribution in [2.24, 2.45) is 0 Å². The van der Waals surface area contributed by atoms with Crippen molar-refractivity contribution < 1.29 is 10.2 Å². The molecule has 0 saturated heterocycles. The van der Waals surface area contributed by atoms with Crippen LogP contribution in [-0.2, 0) is 0 Å². The number of aliphatic hydroxyl groups is 2. The lowest BCUT2D eigenvalue weighted by Gasteiger charge is -2.15. The lowest BCUT2D eigenvalue weighted by Crippen LogP contribution is -2.23. The number of rotatable bonds is 0. The molecule has 0 heterocycles. The minimum atomic E-state index is -1.41. The fourth-order valence-electron chi connectivity index (χ4n) is 0.702. The molecule has 3 nitrogen and oxygen atoms in total. The van der Waals surface area contributed by atoms with Gasteiger partial charge in [0.1, 0.15) is 11.8 Å². The summed E-state index contributed by atoms with van der Waals surface area (Å²) < 4.78 is 0. The summed E-state index contributed by atoms with van der Waals surface area (Å²) in [5.74, 6) is 0.0972. The van der Waals surface area contributed by atoms with Gasteiger partial charge in [0.2, 0.25) is 0 Å². The lowest BCUT2D eigenvalue weighted by atomic mass is 9.97. The largest absolute Gasteiger partial charge is 0.508 e. The van der Waals surface area contributed by atoms with Gasteiger partial charge in [0, 0.05) is 6.42 Å². The summed E-state index contributed by atoms with van der Waals surface area (Å²) in [6.07, 6.45) is 4.16. The van der Waals surface area contributed by atoms with Gasteiger partial charge in [-0.2, -0.15) is 5.26 Å². The fourth-order valence-corrected chi connectivity index (χ4v) is 0.702. The quantitative estimate of drug-likeness (QED) is 0.481. The number of hydrogen-bond acceptors (Lipinski definition) is 3. The highest BCUT2D eigenvalue weighted by molar-refractivity contribution is 5.28. The smallest absolute Gasteiger partial charge is 0.173 e. The van der Waals surface area contributed by atoms with Gasteiger partial charge in [-0.15, -0.1) is 0 Å². The zero-order chi connectivity index (χ0) is 7.61. The first kappa shape index (κ1) is 6.84. The Morgan fingerprint density at radius 2 is 2.40 bits per heavy atom. The maximum atomic E-state index is 9.19. The number of nitriles is 1. The van der Waals surface area contributed by atoms with E-state index in [-0.39, 0.29) is 12.2 Å². The maximum absolute atomic E-state index is 9.19. The number of nitrogens with zero attached hydrogens (tertiary/aromatic N) is 1. The summed E-state index contributed by atoms with van der Waals surface area (Å²) >= 11 is 0. The molecule has 52 valence electrons. The summed E-state index contributed by atoms with van der Waals surface area (Å²) in [6, 6.07) is 1.71. The first-order chi connectivity index (χ1) is 4.66. The molecule has 0 aromatic heterocycles. The van der Waals surface area contributed by atoms with Crippen molar-refractivity contribution in [3.05, 3.63) is 24.0 Å². The van der Waals surface area contributed by atoms with Crippen LogP contribution >= 0.6 is 0 Å². The minimum absolute atomic E-state index is 0.0972. The van der Waals surface area contributed by atoms with Crippen LogP contribution in [0.5, 0.6) is 0 Å². The van der Waals surface area contributed by atoms with Crippen LogP contribution in [0.15, 0.2) is 24.0 Å². The van der Waals surface area contributed by atoms with Crippen molar-refractivity contribution in [2.45, 2.75) is 12.0 Å². The molecule has 10 heavy (non-hydrogen) atoms. The second kappa shape index (κ2) is 2.16. The molecule has 1 aliphatic carbocycles. The van der Waals surface area contributed by atoms with Crippen LogP contribution in [0.2, 0.25) is 0 Å². The van der Waals surface area contributed by atoms with Crippen LogP contribution in [0.4, 0.5) is 0 Å². The minimum Gasteiger partial charge on any atom is -0.508 e. The van der Waals surface area contributed by atoms with E-state index in [0.717, 1.165) is 0 Å². The van der Waals surface area contributed by atoms with E-state index in [9.17, 15) is 5.11 Å². The molecule has 0 aliphatic heterocycles. The van der Waals surface area contributed by atoms with Crippen molar-refractivity contribution in [3.8, 4) is 6.07 Å². The molecule has 0 fully saturated rings. The van der Waals surface area contributed by atoms with Crippen LogP contribution in [0.25, 0.3) is 0 Å². The van der Waals surface area contributed by atoms with E-state index in [0.29, 0.717) is 0 Å². The van der Waals surface area contributed by atoms with E-state index in [4.69, 9.17) is 10.4 Å². The van der Waals surface area contributed by atoms with Crippen LogP contribution < -0.4 is 0 Å². The third-order valence-electron chi connectivity index (χ3n) is 1.35. The molecule has 0 amide bonds. The number of allylic oxidation sites excluding steroid dienone is 1. The van der Waals surface area contributed by atoms with E-state index in [1.165, 1.54) is 18.2 Å². The predicted octanol–water partition coefficient (Wildman–Crippen LogP) is 0.643. The molecule has 0 aromatic carbocycles. The normalized spacial score (nSPS) is 31.0. The fraction of sp³-hybridized carbons (Fsp3) is 0.286. The van der Waals surface area contributed by atoms with Gasteiger partial charge in [-0.05, 0) is 18.2 Å². The van der Waals surface area contributed by atoms with Crippen molar-refractivity contribution in [1.29, 1.82) is 5.26 Å². The third-order valence-corrected chi connectivity index (χ3v) is 1.35. The van der Waals surface area contributed by atoms with Gasteiger partial charge in [0.25, 0.3) is 0 Å². The van der Waals surface area contributed by atoms with E-state index >= 15 is 0 Å². The van der Waals surface area contributed by atoms with E-state index in [1.807, 2.05) is 0 Å². The molecule has 0 spiro atoms. The Morgan fingerprint density at radius 1 is 1.70 bits per heavy atom. The average Bonchev–Trinajstić information content (AvgIpc) is 1.96. The highest BCUT2D eigenvalue weighted by Crippen LogP contribution is 2.18. The molecule has 0 aromatic rings. The molecule has 1 aliphatic rings. The van der Waals surface area contributed by atoms with Crippen LogP contribution in [-0.4, -0.2) is 15.8 Å².